The van der Waals surface area contributed by atoms with Crippen molar-refractivity contribution in [1.29, 1.82) is 0 Å². The minimum atomic E-state index is -3.69. The van der Waals surface area contributed by atoms with Gasteiger partial charge in [-0.2, -0.15) is 0 Å². The number of methoxy groups -OCH3 is 2. The zero-order valence-corrected chi connectivity index (χ0v) is 17.2. The summed E-state index contributed by atoms with van der Waals surface area (Å²) in [6.07, 6.45) is 5.66. The first-order valence-electron chi connectivity index (χ1n) is 9.03. The first-order chi connectivity index (χ1) is 13.1. The molecule has 1 aromatic carbocycles. The second kappa shape index (κ2) is 7.25. The van der Waals surface area contributed by atoms with Crippen molar-refractivity contribution in [2.24, 2.45) is 22.4 Å². The van der Waals surface area contributed by atoms with Gasteiger partial charge in [0, 0.05) is 6.04 Å². The molecule has 0 radical (unpaired) electrons. The van der Waals surface area contributed by atoms with E-state index in [1.54, 1.807) is 37.5 Å². The van der Waals surface area contributed by atoms with E-state index in [1.165, 1.54) is 7.11 Å². The number of rotatable bonds is 6. The monoisotopic (exact) mass is 406 g/mol. The molecule has 3 atom stereocenters. The molecule has 0 spiro atoms. The Kier molecular flexibility index (Phi) is 5.29. The lowest BCUT2D eigenvalue weighted by Gasteiger charge is -2.16. The van der Waals surface area contributed by atoms with E-state index in [9.17, 15) is 13.2 Å². The predicted octanol–water partition coefficient (Wildman–Crippen LogP) is 2.21. The highest BCUT2D eigenvalue weighted by molar-refractivity contribution is 7.93. The number of hydrogen-bond acceptors (Lipinski definition) is 5. The molecule has 2 aliphatic carbocycles. The quantitative estimate of drug-likeness (QED) is 0.753. The Hall–Kier alpha value is -2.32. The van der Waals surface area contributed by atoms with Gasteiger partial charge in [0.15, 0.2) is 0 Å². The van der Waals surface area contributed by atoms with E-state index in [1.807, 2.05) is 6.08 Å². The Morgan fingerprint density at radius 2 is 1.96 bits per heavy atom. The highest BCUT2D eigenvalue weighted by atomic mass is 32.2. The molecule has 0 bridgehead atoms. The third-order valence-corrected chi connectivity index (χ3v) is 6.70. The van der Waals surface area contributed by atoms with E-state index in [4.69, 9.17) is 14.6 Å². The maximum Gasteiger partial charge on any atom is 0.255 e. The van der Waals surface area contributed by atoms with Gasteiger partial charge in [0.25, 0.3) is 5.91 Å². The number of carbonyl (C=O) groups excluding carboxylic acids is 1. The van der Waals surface area contributed by atoms with E-state index in [0.717, 1.165) is 0 Å². The van der Waals surface area contributed by atoms with Crippen LogP contribution in [0.15, 0.2) is 41.3 Å². The average Bonchev–Trinajstić information content (AvgIpc) is 3.20. The van der Waals surface area contributed by atoms with Crippen LogP contribution in [-0.2, 0) is 10.0 Å². The number of ether oxygens (including phenoxy) is 2. The average molecular weight is 407 g/mol. The summed E-state index contributed by atoms with van der Waals surface area (Å²) in [4.78, 5) is 13.0. The third-order valence-electron chi connectivity index (χ3n) is 5.74. The fraction of sp³-hybridized carbons (Fsp3) is 0.450. The van der Waals surface area contributed by atoms with Gasteiger partial charge in [0.1, 0.15) is 11.5 Å². The minimum absolute atomic E-state index is 0.0324. The molecule has 8 heteroatoms. The van der Waals surface area contributed by atoms with E-state index in [-0.39, 0.29) is 34.1 Å². The molecule has 152 valence electrons. The molecule has 1 amide bonds. The number of carbonyl (C=O) groups is 1. The van der Waals surface area contributed by atoms with Crippen molar-refractivity contribution in [1.82, 2.24) is 5.32 Å². The second-order valence-electron chi connectivity index (χ2n) is 7.77. The first kappa shape index (κ1) is 20.4. The summed E-state index contributed by atoms with van der Waals surface area (Å²) in [5, 5.41) is 8.29. The number of sulfonamides is 1. The van der Waals surface area contributed by atoms with Crippen LogP contribution in [0.2, 0.25) is 0 Å². The summed E-state index contributed by atoms with van der Waals surface area (Å²) in [5.41, 5.74) is 0.308. The molecule has 1 fully saturated rings. The highest BCUT2D eigenvalue weighted by Gasteiger charge is 2.61. The molecule has 1 unspecified atom stereocenters. The standard InChI is InChI=1S/C20H26N2O5S/c1-20(2)17(12-5-8-14(9-6-12)28(21,24)25)18(20)22-19(23)15-11-13(26-3)7-10-16(15)27-4/h5,7-12,17-18H,6H2,1-4H3,(H,22,23)(H2,21,24,25)/t12?,17-,18-/m0/s1. The molecular weight excluding hydrogens is 380 g/mol. The summed E-state index contributed by atoms with van der Waals surface area (Å²) >= 11 is 0. The Balaban J connectivity index is 1.73. The first-order valence-corrected chi connectivity index (χ1v) is 10.6. The number of primary sulfonamides is 1. The normalized spacial score (nSPS) is 25.6. The van der Waals surface area contributed by atoms with Gasteiger partial charge in [-0.05, 0) is 47.9 Å². The summed E-state index contributed by atoms with van der Waals surface area (Å²) in [5.74, 6) is 1.16. The molecule has 0 heterocycles. The van der Waals surface area contributed by atoms with Crippen LogP contribution in [0.5, 0.6) is 11.5 Å². The zero-order valence-electron chi connectivity index (χ0n) is 16.4. The zero-order chi connectivity index (χ0) is 20.7. The van der Waals surface area contributed by atoms with E-state index < -0.39 is 10.0 Å². The minimum Gasteiger partial charge on any atom is -0.497 e. The van der Waals surface area contributed by atoms with Gasteiger partial charge in [-0.1, -0.05) is 26.0 Å². The molecule has 2 aliphatic rings. The van der Waals surface area contributed by atoms with E-state index in [2.05, 4.69) is 19.2 Å². The van der Waals surface area contributed by atoms with Crippen LogP contribution in [0.3, 0.4) is 0 Å². The van der Waals surface area contributed by atoms with E-state index in [0.29, 0.717) is 23.5 Å². The van der Waals surface area contributed by atoms with Crippen molar-refractivity contribution in [2.45, 2.75) is 26.3 Å². The van der Waals surface area contributed by atoms with Crippen molar-refractivity contribution < 1.29 is 22.7 Å². The topological polar surface area (TPSA) is 108 Å². The number of allylic oxidation sites excluding steroid dienone is 3. The lowest BCUT2D eigenvalue weighted by molar-refractivity contribution is 0.0941. The number of hydrogen-bond donors (Lipinski definition) is 2. The van der Waals surface area contributed by atoms with Gasteiger partial charge in [0.05, 0.1) is 24.7 Å². The Labute approximate surface area is 165 Å². The summed E-state index contributed by atoms with van der Waals surface area (Å²) < 4.78 is 33.4. The molecular formula is C20H26N2O5S. The predicted molar refractivity (Wildman–Crippen MR) is 107 cm³/mol. The fourth-order valence-corrected chi connectivity index (χ4v) is 4.65. The molecule has 1 aromatic rings. The Morgan fingerprint density at radius 3 is 2.50 bits per heavy atom. The van der Waals surface area contributed by atoms with Gasteiger partial charge < -0.3 is 14.8 Å². The van der Waals surface area contributed by atoms with Crippen LogP contribution >= 0.6 is 0 Å². The smallest absolute Gasteiger partial charge is 0.255 e. The number of nitrogens with two attached hydrogens (primary N) is 1. The molecule has 1 saturated carbocycles. The molecule has 3 rings (SSSR count). The van der Waals surface area contributed by atoms with Crippen molar-refractivity contribution in [3.05, 3.63) is 46.9 Å². The van der Waals surface area contributed by atoms with Crippen molar-refractivity contribution in [3.63, 3.8) is 0 Å². The van der Waals surface area contributed by atoms with Crippen molar-refractivity contribution in [2.75, 3.05) is 14.2 Å². The molecule has 0 saturated heterocycles. The molecule has 0 aliphatic heterocycles. The Morgan fingerprint density at radius 1 is 1.25 bits per heavy atom. The maximum atomic E-state index is 12.9. The molecule has 28 heavy (non-hydrogen) atoms. The maximum absolute atomic E-state index is 12.9. The molecule has 3 N–H and O–H groups in total. The van der Waals surface area contributed by atoms with Gasteiger partial charge in [-0.25, -0.2) is 13.6 Å². The van der Waals surface area contributed by atoms with Crippen molar-refractivity contribution >= 4 is 15.9 Å². The largest absolute Gasteiger partial charge is 0.497 e. The summed E-state index contributed by atoms with van der Waals surface area (Å²) in [6, 6.07) is 5.06. The summed E-state index contributed by atoms with van der Waals surface area (Å²) in [6.45, 7) is 4.19. The van der Waals surface area contributed by atoms with Crippen LogP contribution in [0.25, 0.3) is 0 Å². The number of nitrogens with one attached hydrogen (secondary N) is 1. The van der Waals surface area contributed by atoms with Gasteiger partial charge in [-0.15, -0.1) is 0 Å². The van der Waals surface area contributed by atoms with Crippen molar-refractivity contribution in [3.8, 4) is 11.5 Å². The highest BCUT2D eigenvalue weighted by Crippen LogP contribution is 2.57. The van der Waals surface area contributed by atoms with Crippen LogP contribution in [-0.4, -0.2) is 34.6 Å². The van der Waals surface area contributed by atoms with Gasteiger partial charge in [-0.3, -0.25) is 4.79 Å². The SMILES string of the molecule is COc1ccc(OC)c(C(=O)N[C@H]2[C@H](C3C=CC(S(N)(=O)=O)=CC3)C2(C)C)c1. The molecule has 7 nitrogen and oxygen atoms in total. The second-order valence-corrected chi connectivity index (χ2v) is 9.34. The lowest BCUT2D eigenvalue weighted by atomic mass is 9.91. The van der Waals surface area contributed by atoms with Gasteiger partial charge in [0.2, 0.25) is 10.0 Å². The number of benzene rings is 1. The van der Waals surface area contributed by atoms with E-state index >= 15 is 0 Å². The lowest BCUT2D eigenvalue weighted by Crippen LogP contribution is -2.30. The summed E-state index contributed by atoms with van der Waals surface area (Å²) in [7, 11) is -0.625. The molecule has 0 aromatic heterocycles. The fourth-order valence-electron chi connectivity index (χ4n) is 4.06. The van der Waals surface area contributed by atoms with Crippen LogP contribution in [0.4, 0.5) is 0 Å². The Bertz CT molecular complexity index is 949. The van der Waals surface area contributed by atoms with Crippen LogP contribution in [0, 0.1) is 17.3 Å². The third kappa shape index (κ3) is 3.79. The van der Waals surface area contributed by atoms with Crippen LogP contribution in [0.1, 0.15) is 30.6 Å². The van der Waals surface area contributed by atoms with Gasteiger partial charge >= 0.3 is 0 Å². The number of amides is 1. The van der Waals surface area contributed by atoms with Crippen LogP contribution < -0.4 is 19.9 Å².